The van der Waals surface area contributed by atoms with E-state index in [1.807, 2.05) is 39.8 Å². The van der Waals surface area contributed by atoms with Crippen LogP contribution in [-0.4, -0.2) is 197 Å². The maximum atomic E-state index is 14.9. The molecule has 19 nitrogen and oxygen atoms in total. The molecular weight excluding hydrogens is 994 g/mol. The van der Waals surface area contributed by atoms with Gasteiger partial charge in [0, 0.05) is 70.8 Å². The van der Waals surface area contributed by atoms with Crippen molar-refractivity contribution in [1.29, 1.82) is 0 Å². The lowest BCUT2D eigenvalue weighted by Crippen LogP contribution is -2.59. The molecule has 21 heteroatoms. The molecule has 5 rings (SSSR count). The van der Waals surface area contributed by atoms with Gasteiger partial charge in [-0.2, -0.15) is 0 Å². The minimum atomic E-state index is -3.50. The van der Waals surface area contributed by atoms with Crippen LogP contribution in [0.2, 0.25) is 0 Å². The highest BCUT2D eigenvalue weighted by atomic mass is 32.2. The molecule has 3 fully saturated rings. The number of nitrogens with zero attached hydrogens (tertiary/aromatic N) is 5. The van der Waals surface area contributed by atoms with Crippen LogP contribution < -0.4 is 0 Å². The fraction of sp³-hybridized carbons (Fsp3) is 0.833. The van der Waals surface area contributed by atoms with Crippen LogP contribution in [0.25, 0.3) is 0 Å². The number of sulfone groups is 1. The molecule has 0 saturated carbocycles. The van der Waals surface area contributed by atoms with Crippen molar-refractivity contribution < 1.29 is 71.2 Å². The van der Waals surface area contributed by atoms with Gasteiger partial charge in [-0.3, -0.25) is 4.79 Å². The van der Waals surface area contributed by atoms with Crippen molar-refractivity contribution in [2.45, 2.75) is 228 Å². The number of carbonyl (C=O) groups excluding carboxylic acids is 1. The molecular formula is C54H92FN5O14S. The van der Waals surface area contributed by atoms with Crippen molar-refractivity contribution in [2.24, 2.45) is 17.8 Å². The Bertz CT molecular complexity index is 2220. The summed E-state index contributed by atoms with van der Waals surface area (Å²) in [6.07, 6.45) is -5.11. The average molecular weight is 1090 g/mol. The standard InChI is InChI=1S/C54H92FN5O14S/c1-17-43-54(12,65)48(61)36(8)59(14)29-32(4)26-52(10,64)50(34(6)46(35(7)51(63)72-43)73-45-27-53(11,69-16)49(62)37(9)71-45)74-44-25-40(24-33(5)70-44)58(13)23-22-39-30-60(57-56-39)42(28-55)47(68-15)38-18-20-41(21-19-38)75(66,67)31(2)3/h18-21,30-37,40,42-50,61-62,64-65H,17,22-29H2,1-16H3/t32-,33-,34+,35-,36-,37+,40+,42-,43-,44+,45+,46+,47-,48-,49+,50-,52-,53-,54-/m1/s1. The Morgan fingerprint density at radius 2 is 1.60 bits per heavy atom. The second-order valence-corrected chi connectivity index (χ2v) is 25.6. The van der Waals surface area contributed by atoms with Crippen molar-refractivity contribution in [3.63, 3.8) is 0 Å². The molecule has 3 aliphatic heterocycles. The quantitative estimate of drug-likeness (QED) is 0.149. The number of halogens is 1. The summed E-state index contributed by atoms with van der Waals surface area (Å²) in [6, 6.07) is 4.81. The number of hydrogen-bond acceptors (Lipinski definition) is 18. The number of likely N-dealkylation sites (N-methyl/N-ethyl adjacent to an activating group) is 2. The fourth-order valence-corrected chi connectivity index (χ4v) is 12.7. The van der Waals surface area contributed by atoms with Gasteiger partial charge in [0.2, 0.25) is 0 Å². The number of methoxy groups -OCH3 is 2. The monoisotopic (exact) mass is 1090 g/mol. The Morgan fingerprint density at radius 3 is 2.19 bits per heavy atom. The van der Waals surface area contributed by atoms with E-state index in [2.05, 4.69) is 15.2 Å². The zero-order chi connectivity index (χ0) is 56.1. The highest BCUT2D eigenvalue weighted by molar-refractivity contribution is 7.92. The third-order valence-corrected chi connectivity index (χ3v) is 18.7. The molecule has 430 valence electrons. The lowest BCUT2D eigenvalue weighted by atomic mass is 9.77. The molecule has 2 aromatic rings. The normalized spacial score (nSPS) is 38.2. The molecule has 1 aromatic heterocycles. The van der Waals surface area contributed by atoms with Crippen molar-refractivity contribution in [1.82, 2.24) is 24.8 Å². The molecule has 0 aliphatic carbocycles. The van der Waals surface area contributed by atoms with Crippen LogP contribution in [0.5, 0.6) is 0 Å². The number of rotatable bonds is 17. The molecule has 19 atom stereocenters. The van der Waals surface area contributed by atoms with E-state index in [1.54, 1.807) is 73.7 Å². The zero-order valence-corrected chi connectivity index (χ0v) is 48.3. The highest BCUT2D eigenvalue weighted by Crippen LogP contribution is 2.41. The minimum Gasteiger partial charge on any atom is -0.459 e. The molecule has 0 unspecified atom stereocenters. The second-order valence-electron chi connectivity index (χ2n) is 23.1. The highest BCUT2D eigenvalue weighted by Gasteiger charge is 2.52. The minimum absolute atomic E-state index is 0.0502. The Kier molecular flexibility index (Phi) is 21.9. The Hall–Kier alpha value is -2.77. The number of esters is 1. The molecule has 3 aliphatic rings. The SMILES string of the molecule is CC[C@H]1OC(=O)[C@H](C)[C@@H](O[C@H]2C[C@@](C)(OC)[C@@H](O)[C@H](C)O2)[C@H](C)[C@@H](O[C@H]2C[C@@H](N(C)CCc3cn([C@H](CF)[C@H](OC)c4ccc(S(=O)(=O)C(C)C)cc4)nn3)C[C@@H](C)O2)[C@](C)(O)C[C@@H](C)CN(C)[C@H](C)[C@@H](O)[C@]1(C)O. The third-order valence-electron chi connectivity index (χ3n) is 16.6. The number of carbonyl (C=O) groups is 1. The molecule has 0 bridgehead atoms. The van der Waals surface area contributed by atoms with Gasteiger partial charge in [-0.15, -0.1) is 5.10 Å². The topological polar surface area (TPSA) is 234 Å². The van der Waals surface area contributed by atoms with Crippen LogP contribution in [-0.2, 0) is 54.2 Å². The number of hydrogen-bond donors (Lipinski definition) is 4. The van der Waals surface area contributed by atoms with Gasteiger partial charge >= 0.3 is 5.97 Å². The van der Waals surface area contributed by atoms with Crippen LogP contribution >= 0.6 is 0 Å². The van der Waals surface area contributed by atoms with E-state index in [4.69, 9.17) is 33.2 Å². The summed E-state index contributed by atoms with van der Waals surface area (Å²) in [4.78, 5) is 18.8. The zero-order valence-electron chi connectivity index (χ0n) is 47.5. The van der Waals surface area contributed by atoms with Gasteiger partial charge in [0.25, 0.3) is 0 Å². The van der Waals surface area contributed by atoms with E-state index in [0.29, 0.717) is 43.6 Å². The van der Waals surface area contributed by atoms with Crippen molar-refractivity contribution in [3.05, 3.63) is 41.7 Å². The van der Waals surface area contributed by atoms with Gasteiger partial charge in [0.1, 0.15) is 42.7 Å². The number of benzene rings is 1. The fourth-order valence-electron chi connectivity index (χ4n) is 11.6. The van der Waals surface area contributed by atoms with Crippen molar-refractivity contribution >= 4 is 15.8 Å². The first kappa shape index (κ1) is 63.1. The van der Waals surface area contributed by atoms with E-state index < -0.39 is 124 Å². The van der Waals surface area contributed by atoms with Crippen LogP contribution in [0.3, 0.4) is 0 Å². The second kappa shape index (κ2) is 26.0. The number of aromatic nitrogens is 3. The lowest BCUT2D eigenvalue weighted by Gasteiger charge is -2.48. The molecule has 4 N–H and O–H groups in total. The molecule has 1 aromatic carbocycles. The number of alkyl halides is 1. The summed E-state index contributed by atoms with van der Waals surface area (Å²) in [7, 11) is 3.34. The first-order valence-electron chi connectivity index (χ1n) is 26.9. The van der Waals surface area contributed by atoms with Crippen LogP contribution in [0.1, 0.15) is 139 Å². The number of cyclic esters (lactones) is 1. The van der Waals surface area contributed by atoms with E-state index in [-0.39, 0.29) is 42.2 Å². The number of ether oxygens (including phenoxy) is 7. The molecule has 0 amide bonds. The molecule has 4 heterocycles. The first-order chi connectivity index (χ1) is 34.9. The predicted molar refractivity (Wildman–Crippen MR) is 279 cm³/mol. The van der Waals surface area contributed by atoms with Gasteiger partial charge < -0.3 is 63.4 Å². The molecule has 75 heavy (non-hydrogen) atoms. The molecule has 0 spiro atoms. The summed E-state index contributed by atoms with van der Waals surface area (Å²) >= 11 is 0. The predicted octanol–water partition coefficient (Wildman–Crippen LogP) is 5.21. The molecule has 0 radical (unpaired) electrons. The smallest absolute Gasteiger partial charge is 0.311 e. The summed E-state index contributed by atoms with van der Waals surface area (Å²) in [5.74, 6) is -2.63. The Balaban J connectivity index is 1.41. The summed E-state index contributed by atoms with van der Waals surface area (Å²) in [6.45, 7) is 21.2. The maximum Gasteiger partial charge on any atom is 0.311 e. The van der Waals surface area contributed by atoms with E-state index in [9.17, 15) is 38.0 Å². The Morgan fingerprint density at radius 1 is 0.947 bits per heavy atom. The summed E-state index contributed by atoms with van der Waals surface area (Å²) in [5.41, 5.74) is -3.22. The average Bonchev–Trinajstić information content (AvgIpc) is 3.83. The lowest BCUT2D eigenvalue weighted by molar-refractivity contribution is -0.308. The Labute approximate surface area is 445 Å². The van der Waals surface area contributed by atoms with E-state index in [0.717, 1.165) is 0 Å². The van der Waals surface area contributed by atoms with E-state index >= 15 is 0 Å². The maximum absolute atomic E-state index is 14.9. The summed E-state index contributed by atoms with van der Waals surface area (Å²) in [5, 5.41) is 55.6. The van der Waals surface area contributed by atoms with Crippen LogP contribution in [0.4, 0.5) is 4.39 Å². The summed E-state index contributed by atoms with van der Waals surface area (Å²) < 4.78 is 86.2. The van der Waals surface area contributed by atoms with Crippen molar-refractivity contribution in [2.75, 3.05) is 48.1 Å². The van der Waals surface area contributed by atoms with Crippen LogP contribution in [0.15, 0.2) is 35.4 Å². The van der Waals surface area contributed by atoms with Gasteiger partial charge in [-0.05, 0) is 119 Å². The third kappa shape index (κ3) is 14.7. The molecule has 3 saturated heterocycles. The van der Waals surface area contributed by atoms with Gasteiger partial charge in [-0.25, -0.2) is 17.5 Å². The number of aliphatic hydroxyl groups is 4. The van der Waals surface area contributed by atoms with Gasteiger partial charge in [0.05, 0.1) is 57.4 Å². The van der Waals surface area contributed by atoms with Crippen LogP contribution in [0, 0.1) is 17.8 Å². The van der Waals surface area contributed by atoms with Gasteiger partial charge in [-0.1, -0.05) is 38.1 Å². The van der Waals surface area contributed by atoms with Crippen molar-refractivity contribution in [3.8, 4) is 0 Å². The number of aliphatic hydroxyl groups excluding tert-OH is 2. The van der Waals surface area contributed by atoms with E-state index in [1.165, 1.54) is 38.0 Å². The first-order valence-corrected chi connectivity index (χ1v) is 28.4. The van der Waals surface area contributed by atoms with Gasteiger partial charge in [0.15, 0.2) is 22.4 Å². The largest absolute Gasteiger partial charge is 0.459 e.